The zero-order valence-electron chi connectivity index (χ0n) is 46.0. The third-order valence-electron chi connectivity index (χ3n) is 15.1. The minimum atomic E-state index is -1.49. The summed E-state index contributed by atoms with van der Waals surface area (Å²) in [5.74, 6) is -1.27. The molecular weight excluding hydrogens is 1050 g/mol. The van der Waals surface area contributed by atoms with Crippen molar-refractivity contribution in [2.45, 2.75) is 89.9 Å². The Morgan fingerprint density at radius 2 is 1.54 bits per heavy atom. The van der Waals surface area contributed by atoms with E-state index in [2.05, 4.69) is 31.6 Å². The van der Waals surface area contributed by atoms with Crippen molar-refractivity contribution < 1.29 is 67.1 Å². The van der Waals surface area contributed by atoms with Crippen LogP contribution in [0.25, 0.3) is 5.57 Å². The number of carbonyl (C=O) groups excluding carboxylic acids is 7. The quantitative estimate of drug-likeness (QED) is 0.0584. The highest BCUT2D eigenvalue weighted by atomic mass is 16.6. The number of benzene rings is 3. The standard InChI is InChI=1S/C57H68N10O14/c1-31(2)50(64-49(69)27-61-48(68)24-58)52(71)62-32(3)51(70)63-35-10-11-36(59-25-35)29-81-56(75)67-42-22-47(45(78-6)20-40(42)54(73)66-30-57(14-15-57)23-43(66)55(67)74)80-17-7-16-79-46-21-41-39(19-44(46)77-5)53(72)65-28-34(18-37(65)26-60-41)33-8-12-38(76-4)13-9-33/h8-13,19-22,25,28,31-32,37,43,50,55,60,74H,7,14-18,23-24,26-27,29-30,58H2,1-6H3,(H,61,68)(H,62,71)(H,63,70)(H,64,69)/t32-,37-,43-,50-,55?/m0/s1. The van der Waals surface area contributed by atoms with Crippen molar-refractivity contribution in [3.8, 4) is 28.7 Å². The van der Waals surface area contributed by atoms with E-state index >= 15 is 0 Å². The third-order valence-corrected chi connectivity index (χ3v) is 15.1. The highest BCUT2D eigenvalue weighted by Crippen LogP contribution is 2.57. The number of nitrogens with one attached hydrogen (secondary N) is 5. The Morgan fingerprint density at radius 3 is 2.19 bits per heavy atom. The van der Waals surface area contributed by atoms with Crippen molar-refractivity contribution in [3.05, 3.63) is 95.4 Å². The van der Waals surface area contributed by atoms with Crippen LogP contribution in [0.5, 0.6) is 28.7 Å². The predicted octanol–water partition coefficient (Wildman–Crippen LogP) is 3.77. The number of ether oxygens (including phenoxy) is 6. The lowest BCUT2D eigenvalue weighted by atomic mass is 10.0. The Morgan fingerprint density at radius 1 is 0.840 bits per heavy atom. The molecule has 81 heavy (non-hydrogen) atoms. The smallest absolute Gasteiger partial charge is 0.416 e. The first-order chi connectivity index (χ1) is 38.9. The molecule has 1 saturated carbocycles. The second-order valence-electron chi connectivity index (χ2n) is 21.0. The van der Waals surface area contributed by atoms with Crippen LogP contribution in [0.3, 0.4) is 0 Å². The van der Waals surface area contributed by atoms with Crippen LogP contribution >= 0.6 is 0 Å². The normalized spacial score (nSPS) is 19.0. The number of fused-ring (bicyclic) bond motifs is 4. The number of anilines is 3. The zero-order valence-corrected chi connectivity index (χ0v) is 46.0. The minimum Gasteiger partial charge on any atom is -0.497 e. The van der Waals surface area contributed by atoms with Crippen LogP contribution < -0.4 is 60.9 Å². The van der Waals surface area contributed by atoms with Crippen molar-refractivity contribution >= 4 is 64.2 Å². The maximum atomic E-state index is 14.4. The van der Waals surface area contributed by atoms with Gasteiger partial charge in [-0.1, -0.05) is 26.0 Å². The number of carbonyl (C=O) groups is 7. The van der Waals surface area contributed by atoms with E-state index in [4.69, 9.17) is 34.2 Å². The van der Waals surface area contributed by atoms with Gasteiger partial charge in [-0.25, -0.2) is 9.69 Å². The monoisotopic (exact) mass is 1120 g/mol. The van der Waals surface area contributed by atoms with Gasteiger partial charge in [-0.3, -0.25) is 33.8 Å². The van der Waals surface area contributed by atoms with Crippen molar-refractivity contribution in [2.75, 3.05) is 76.3 Å². The van der Waals surface area contributed by atoms with Gasteiger partial charge in [0.2, 0.25) is 23.6 Å². The number of aliphatic hydroxyl groups excluding tert-OH is 1. The lowest BCUT2D eigenvalue weighted by Crippen LogP contribution is -2.55. The van der Waals surface area contributed by atoms with Gasteiger partial charge in [0, 0.05) is 37.8 Å². The van der Waals surface area contributed by atoms with Gasteiger partial charge in [-0.2, -0.15) is 0 Å². The third kappa shape index (κ3) is 12.6. The number of nitrogens with zero attached hydrogens (tertiary/aromatic N) is 4. The van der Waals surface area contributed by atoms with Crippen LogP contribution in [-0.4, -0.2) is 153 Å². The summed E-state index contributed by atoms with van der Waals surface area (Å²) in [6.45, 7) is 5.08. The molecular formula is C57H68N10O14. The molecule has 8 N–H and O–H groups in total. The molecule has 1 spiro atoms. The molecule has 1 unspecified atom stereocenters. The second-order valence-corrected chi connectivity index (χ2v) is 21.0. The van der Waals surface area contributed by atoms with E-state index in [1.54, 1.807) is 42.9 Å². The maximum absolute atomic E-state index is 14.4. The van der Waals surface area contributed by atoms with E-state index < -0.39 is 54.1 Å². The molecule has 4 aromatic rings. The molecule has 1 aliphatic carbocycles. The molecule has 24 nitrogen and oxygen atoms in total. The minimum absolute atomic E-state index is 0.0544. The average Bonchev–Trinajstić information content (AvgIpc) is 4.18. The molecule has 0 radical (unpaired) electrons. The molecule has 24 heteroatoms. The van der Waals surface area contributed by atoms with Crippen molar-refractivity contribution in [2.24, 2.45) is 17.1 Å². The lowest BCUT2D eigenvalue weighted by molar-refractivity contribution is -0.132. The Kier molecular flexibility index (Phi) is 17.2. The molecule has 1 saturated heterocycles. The van der Waals surface area contributed by atoms with E-state index in [1.807, 2.05) is 30.5 Å². The van der Waals surface area contributed by atoms with Gasteiger partial charge in [0.15, 0.2) is 29.2 Å². The van der Waals surface area contributed by atoms with Crippen LogP contribution in [0.2, 0.25) is 0 Å². The lowest BCUT2D eigenvalue weighted by Gasteiger charge is -2.31. The van der Waals surface area contributed by atoms with Gasteiger partial charge in [-0.05, 0) is 91.5 Å². The number of aliphatic hydroxyl groups is 1. The fourth-order valence-electron chi connectivity index (χ4n) is 10.4. The zero-order chi connectivity index (χ0) is 57.7. The van der Waals surface area contributed by atoms with E-state index in [0.717, 1.165) is 34.6 Å². The molecule has 4 aliphatic heterocycles. The van der Waals surface area contributed by atoms with Crippen LogP contribution in [0, 0.1) is 11.3 Å². The number of pyridine rings is 1. The van der Waals surface area contributed by atoms with Crippen LogP contribution in [0.15, 0.2) is 73.1 Å². The summed E-state index contributed by atoms with van der Waals surface area (Å²) in [6.07, 6.45) is 4.11. The van der Waals surface area contributed by atoms with E-state index in [9.17, 15) is 38.7 Å². The number of methoxy groups -OCH3 is 3. The molecule has 1 aromatic heterocycles. The molecule has 2 fully saturated rings. The molecule has 5 atom stereocenters. The molecule has 3 aromatic carbocycles. The molecule has 0 bridgehead atoms. The summed E-state index contributed by atoms with van der Waals surface area (Å²) >= 11 is 0. The SMILES string of the molecule is COc1ccc(C2=CN3C(=O)c4cc(OC)c(OCCCOc5cc6c(cc5OC)C(=O)N5CC7(CC7)C[C@H]5C(O)N6C(=O)OCc5ccc(NC(=O)[C@H](C)NC(=O)[C@@H](NC(=O)CNC(=O)CN)C(C)C)cn5)cc4NC[C@@H]3C2)cc1. The number of nitrogens with two attached hydrogens (primary N) is 1. The molecule has 5 heterocycles. The van der Waals surface area contributed by atoms with Gasteiger partial charge in [0.05, 0.1) is 99.8 Å². The van der Waals surface area contributed by atoms with Crippen molar-refractivity contribution in [1.29, 1.82) is 0 Å². The van der Waals surface area contributed by atoms with Gasteiger partial charge in [0.1, 0.15) is 24.4 Å². The average molecular weight is 1120 g/mol. The van der Waals surface area contributed by atoms with Crippen molar-refractivity contribution in [3.63, 3.8) is 0 Å². The largest absolute Gasteiger partial charge is 0.497 e. The Balaban J connectivity index is 0.828. The van der Waals surface area contributed by atoms with Crippen LogP contribution in [-0.2, 0) is 30.5 Å². The Hall–Kier alpha value is -8.64. The highest BCUT2D eigenvalue weighted by molar-refractivity contribution is 6.06. The van der Waals surface area contributed by atoms with E-state index in [1.165, 1.54) is 51.6 Å². The number of rotatable bonds is 21. The van der Waals surface area contributed by atoms with Gasteiger partial charge >= 0.3 is 6.09 Å². The van der Waals surface area contributed by atoms with Gasteiger partial charge in [0.25, 0.3) is 11.8 Å². The molecule has 7 amide bonds. The summed E-state index contributed by atoms with van der Waals surface area (Å²) in [5.41, 5.74) is 8.98. The highest BCUT2D eigenvalue weighted by Gasteiger charge is 2.58. The number of aromatic nitrogens is 1. The maximum Gasteiger partial charge on any atom is 0.416 e. The van der Waals surface area contributed by atoms with E-state index in [0.29, 0.717) is 55.1 Å². The predicted molar refractivity (Wildman–Crippen MR) is 295 cm³/mol. The second kappa shape index (κ2) is 24.4. The van der Waals surface area contributed by atoms with Crippen LogP contribution in [0.1, 0.15) is 84.8 Å². The van der Waals surface area contributed by atoms with Crippen molar-refractivity contribution in [1.82, 2.24) is 30.7 Å². The first-order valence-electron chi connectivity index (χ1n) is 26.8. The topological polar surface area (TPSA) is 304 Å². The summed E-state index contributed by atoms with van der Waals surface area (Å²) in [6, 6.07) is 14.4. The fourth-order valence-corrected chi connectivity index (χ4v) is 10.4. The Labute approximate surface area is 467 Å². The Bertz CT molecular complexity index is 3100. The molecule has 430 valence electrons. The fraction of sp³-hybridized carbons (Fsp3) is 0.439. The van der Waals surface area contributed by atoms with Gasteiger partial charge < -0.3 is 75.6 Å². The number of amides is 7. The first kappa shape index (κ1) is 57.1. The summed E-state index contributed by atoms with van der Waals surface area (Å²) in [5, 5.41) is 25.7. The molecule has 5 aliphatic rings. The number of hydrogen-bond donors (Lipinski definition) is 7. The van der Waals surface area contributed by atoms with E-state index in [-0.39, 0.29) is 96.2 Å². The summed E-state index contributed by atoms with van der Waals surface area (Å²) in [4.78, 5) is 102. The van der Waals surface area contributed by atoms with Crippen LogP contribution in [0.4, 0.5) is 21.9 Å². The summed E-state index contributed by atoms with van der Waals surface area (Å²) < 4.78 is 35.0. The molecule has 9 rings (SSSR count). The first-order valence-corrected chi connectivity index (χ1v) is 26.8. The van der Waals surface area contributed by atoms with Gasteiger partial charge in [-0.15, -0.1) is 0 Å². The summed E-state index contributed by atoms with van der Waals surface area (Å²) in [7, 11) is 4.57. The number of hydrogen-bond acceptors (Lipinski definition) is 17.